The number of aromatic nitrogens is 1. The van der Waals surface area contributed by atoms with Gasteiger partial charge in [0.15, 0.2) is 5.01 Å². The van der Waals surface area contributed by atoms with E-state index in [0.717, 1.165) is 30.6 Å². The first-order chi connectivity index (χ1) is 7.31. The summed E-state index contributed by atoms with van der Waals surface area (Å²) in [7, 11) is 0. The second-order valence-electron chi connectivity index (χ2n) is 4.43. The molecule has 1 aliphatic rings. The van der Waals surface area contributed by atoms with Gasteiger partial charge in [0, 0.05) is 21.9 Å². The molecule has 0 aromatic carbocycles. The first-order valence-electron chi connectivity index (χ1n) is 4.99. The number of alkyl halides is 4. The lowest BCUT2D eigenvalue weighted by Crippen LogP contribution is -2.16. The minimum Gasteiger partial charge on any atom is -0.240 e. The van der Waals surface area contributed by atoms with Gasteiger partial charge in [-0.2, -0.15) is 13.2 Å². The fraction of sp³-hybridized carbons (Fsp3) is 0.700. The van der Waals surface area contributed by atoms with Crippen molar-refractivity contribution in [1.29, 1.82) is 0 Å². The maximum Gasteiger partial charge on any atom is 0.443 e. The van der Waals surface area contributed by atoms with Gasteiger partial charge in [-0.25, -0.2) is 4.98 Å². The van der Waals surface area contributed by atoms with Gasteiger partial charge in [0.1, 0.15) is 0 Å². The summed E-state index contributed by atoms with van der Waals surface area (Å²) in [5.74, 6) is 0. The van der Waals surface area contributed by atoms with Crippen LogP contribution in [-0.2, 0) is 11.6 Å². The summed E-state index contributed by atoms with van der Waals surface area (Å²) in [6, 6.07) is 0. The molecule has 16 heavy (non-hydrogen) atoms. The van der Waals surface area contributed by atoms with E-state index in [2.05, 4.69) is 4.98 Å². The minimum absolute atomic E-state index is 0.0708. The van der Waals surface area contributed by atoms with E-state index in [1.807, 2.05) is 6.92 Å². The van der Waals surface area contributed by atoms with E-state index in [4.69, 9.17) is 11.6 Å². The molecule has 6 heteroatoms. The highest BCUT2D eigenvalue weighted by Crippen LogP contribution is 2.46. The Balaban J connectivity index is 2.25. The van der Waals surface area contributed by atoms with Crippen LogP contribution in [0.1, 0.15) is 36.1 Å². The molecule has 1 aliphatic carbocycles. The van der Waals surface area contributed by atoms with E-state index in [9.17, 15) is 13.2 Å². The van der Waals surface area contributed by atoms with E-state index in [0.29, 0.717) is 4.88 Å². The summed E-state index contributed by atoms with van der Waals surface area (Å²) in [5, 5.41) is -0.691. The molecule has 0 amide bonds. The molecular formula is C10H11ClF3NS. The summed E-state index contributed by atoms with van der Waals surface area (Å²) in [6.07, 6.45) is -0.563. The molecule has 0 radical (unpaired) electrons. The number of thiazole rings is 1. The van der Waals surface area contributed by atoms with Gasteiger partial charge in [-0.1, -0.05) is 6.92 Å². The molecule has 1 aromatic rings. The number of hydrogen-bond donors (Lipinski definition) is 0. The average molecular weight is 270 g/mol. The van der Waals surface area contributed by atoms with Crippen molar-refractivity contribution < 1.29 is 13.2 Å². The molecule has 90 valence electrons. The Morgan fingerprint density at radius 3 is 2.69 bits per heavy atom. The Labute approximate surface area is 101 Å². The molecular weight excluding hydrogens is 259 g/mol. The first kappa shape index (κ1) is 12.2. The van der Waals surface area contributed by atoms with E-state index in [-0.39, 0.29) is 10.8 Å². The Hall–Kier alpha value is -0.290. The van der Waals surface area contributed by atoms with Crippen LogP contribution in [-0.4, -0.2) is 10.4 Å². The van der Waals surface area contributed by atoms with Crippen LogP contribution in [0.5, 0.6) is 0 Å². The second kappa shape index (κ2) is 3.88. The third-order valence-electron chi connectivity index (χ3n) is 3.02. The van der Waals surface area contributed by atoms with Gasteiger partial charge in [-0.15, -0.1) is 22.9 Å². The summed E-state index contributed by atoms with van der Waals surface area (Å²) < 4.78 is 37.2. The standard InChI is InChI=1S/C10H11ClF3NS/c1-9(3-2-6(11)4-9)7-5-15-8(16-7)10(12,13)14/h5-6H,2-4H2,1H3. The zero-order valence-electron chi connectivity index (χ0n) is 8.64. The van der Waals surface area contributed by atoms with Gasteiger partial charge in [0.2, 0.25) is 0 Å². The smallest absolute Gasteiger partial charge is 0.240 e. The molecule has 2 rings (SSSR count). The van der Waals surface area contributed by atoms with Crippen molar-refractivity contribution in [3.63, 3.8) is 0 Å². The van der Waals surface area contributed by atoms with Crippen LogP contribution in [0.15, 0.2) is 6.20 Å². The van der Waals surface area contributed by atoms with Crippen LogP contribution >= 0.6 is 22.9 Å². The molecule has 1 saturated carbocycles. The van der Waals surface area contributed by atoms with Crippen LogP contribution < -0.4 is 0 Å². The molecule has 1 fully saturated rings. The fourth-order valence-electron chi connectivity index (χ4n) is 2.08. The molecule has 2 atom stereocenters. The van der Waals surface area contributed by atoms with Crippen molar-refractivity contribution in [1.82, 2.24) is 4.98 Å². The Kier molecular flexibility index (Phi) is 2.95. The molecule has 1 aromatic heterocycles. The van der Waals surface area contributed by atoms with Crippen LogP contribution in [0, 0.1) is 0 Å². The van der Waals surface area contributed by atoms with E-state index >= 15 is 0 Å². The number of halogens is 4. The highest BCUT2D eigenvalue weighted by molar-refractivity contribution is 7.11. The average Bonchev–Trinajstić information content (AvgIpc) is 2.71. The fourth-order valence-corrected chi connectivity index (χ4v) is 3.49. The van der Waals surface area contributed by atoms with E-state index in [1.165, 1.54) is 6.20 Å². The number of nitrogens with zero attached hydrogens (tertiary/aromatic N) is 1. The SMILES string of the molecule is CC1(c2cnc(C(F)(F)F)s2)CCC(Cl)C1. The highest BCUT2D eigenvalue weighted by atomic mass is 35.5. The van der Waals surface area contributed by atoms with Crippen molar-refractivity contribution in [3.8, 4) is 0 Å². The van der Waals surface area contributed by atoms with Gasteiger partial charge in [0.25, 0.3) is 0 Å². The van der Waals surface area contributed by atoms with Crippen LogP contribution in [0.3, 0.4) is 0 Å². The molecule has 1 heterocycles. The minimum atomic E-state index is -4.34. The van der Waals surface area contributed by atoms with Gasteiger partial charge >= 0.3 is 6.18 Å². The van der Waals surface area contributed by atoms with Crippen LogP contribution in [0.4, 0.5) is 13.2 Å². The normalized spacial score (nSPS) is 30.9. The lowest BCUT2D eigenvalue weighted by atomic mass is 9.88. The molecule has 0 N–H and O–H groups in total. The van der Waals surface area contributed by atoms with Gasteiger partial charge in [-0.05, 0) is 19.3 Å². The molecule has 2 unspecified atom stereocenters. The van der Waals surface area contributed by atoms with Crippen molar-refractivity contribution in [2.75, 3.05) is 0 Å². The number of rotatable bonds is 1. The largest absolute Gasteiger partial charge is 0.443 e. The molecule has 0 spiro atoms. The predicted octanol–water partition coefficient (Wildman–Crippen LogP) is 4.21. The maximum atomic E-state index is 12.4. The van der Waals surface area contributed by atoms with Gasteiger partial charge < -0.3 is 0 Å². The Morgan fingerprint density at radius 2 is 2.25 bits per heavy atom. The third kappa shape index (κ3) is 2.20. The second-order valence-corrected chi connectivity index (χ2v) is 6.08. The highest BCUT2D eigenvalue weighted by Gasteiger charge is 2.40. The van der Waals surface area contributed by atoms with E-state index in [1.54, 1.807) is 0 Å². The van der Waals surface area contributed by atoms with Crippen molar-refractivity contribution in [2.45, 2.75) is 43.2 Å². The van der Waals surface area contributed by atoms with Crippen LogP contribution in [0.25, 0.3) is 0 Å². The Morgan fingerprint density at radius 1 is 1.56 bits per heavy atom. The quantitative estimate of drug-likeness (QED) is 0.696. The monoisotopic (exact) mass is 269 g/mol. The number of hydrogen-bond acceptors (Lipinski definition) is 2. The molecule has 1 nitrogen and oxygen atoms in total. The zero-order valence-corrected chi connectivity index (χ0v) is 10.2. The van der Waals surface area contributed by atoms with Crippen molar-refractivity contribution >= 4 is 22.9 Å². The Bertz CT molecular complexity index is 390. The molecule has 0 saturated heterocycles. The topological polar surface area (TPSA) is 12.9 Å². The van der Waals surface area contributed by atoms with Gasteiger partial charge in [-0.3, -0.25) is 0 Å². The zero-order chi connectivity index (χ0) is 12.0. The summed E-state index contributed by atoms with van der Waals surface area (Å²) in [5.41, 5.74) is -0.229. The third-order valence-corrected chi connectivity index (χ3v) is 4.75. The molecule has 0 aliphatic heterocycles. The molecule has 0 bridgehead atoms. The lowest BCUT2D eigenvalue weighted by Gasteiger charge is -2.21. The lowest BCUT2D eigenvalue weighted by molar-refractivity contribution is -0.137. The summed E-state index contributed by atoms with van der Waals surface area (Å²) in [6.45, 7) is 1.96. The van der Waals surface area contributed by atoms with Crippen molar-refractivity contribution in [2.24, 2.45) is 0 Å². The van der Waals surface area contributed by atoms with Gasteiger partial charge in [0.05, 0.1) is 0 Å². The summed E-state index contributed by atoms with van der Waals surface area (Å²) in [4.78, 5) is 4.15. The van der Waals surface area contributed by atoms with Crippen molar-refractivity contribution in [3.05, 3.63) is 16.1 Å². The summed E-state index contributed by atoms with van der Waals surface area (Å²) >= 11 is 6.75. The van der Waals surface area contributed by atoms with E-state index < -0.39 is 11.2 Å². The van der Waals surface area contributed by atoms with Crippen LogP contribution in [0.2, 0.25) is 0 Å². The first-order valence-corrected chi connectivity index (χ1v) is 6.24. The predicted molar refractivity (Wildman–Crippen MR) is 58.0 cm³/mol. The maximum absolute atomic E-state index is 12.4.